The van der Waals surface area contributed by atoms with Crippen LogP contribution in [-0.2, 0) is 6.42 Å². The molecule has 2 aromatic rings. The summed E-state index contributed by atoms with van der Waals surface area (Å²) in [5.41, 5.74) is 2.12. The summed E-state index contributed by atoms with van der Waals surface area (Å²) < 4.78 is 12.7. The fourth-order valence-electron chi connectivity index (χ4n) is 1.46. The van der Waals surface area contributed by atoms with Gasteiger partial charge in [0.1, 0.15) is 5.82 Å². The number of hydrogen-bond acceptors (Lipinski definition) is 0. The van der Waals surface area contributed by atoms with Crippen LogP contribution in [0.2, 0.25) is 5.02 Å². The minimum absolute atomic E-state index is 0.210. The van der Waals surface area contributed by atoms with E-state index in [1.54, 1.807) is 12.1 Å². The molecular formula is C13H10ClF. The topological polar surface area (TPSA) is 0 Å². The zero-order valence-electron chi connectivity index (χ0n) is 8.08. The van der Waals surface area contributed by atoms with Gasteiger partial charge in [0.15, 0.2) is 0 Å². The van der Waals surface area contributed by atoms with Gasteiger partial charge in [0, 0.05) is 5.02 Å². The summed E-state index contributed by atoms with van der Waals surface area (Å²) in [7, 11) is 0. The lowest BCUT2D eigenvalue weighted by molar-refractivity contribution is 0.627. The van der Waals surface area contributed by atoms with Crippen LogP contribution in [0.4, 0.5) is 4.39 Å². The molecule has 0 heterocycles. The van der Waals surface area contributed by atoms with Crippen molar-refractivity contribution >= 4 is 11.6 Å². The molecule has 2 rings (SSSR count). The van der Waals surface area contributed by atoms with Gasteiger partial charge in [-0.3, -0.25) is 0 Å². The molecule has 0 spiro atoms. The second kappa shape index (κ2) is 4.45. The van der Waals surface area contributed by atoms with Crippen LogP contribution in [0.15, 0.2) is 48.5 Å². The third kappa shape index (κ3) is 2.57. The molecule has 0 nitrogen and oxygen atoms in total. The summed E-state index contributed by atoms with van der Waals surface area (Å²) in [5, 5.41) is 0.752. The maximum Gasteiger partial charge on any atom is 0.123 e. The average Bonchev–Trinajstić information content (AvgIpc) is 2.25. The zero-order valence-corrected chi connectivity index (χ0v) is 8.84. The fourth-order valence-corrected chi connectivity index (χ4v) is 1.67. The highest BCUT2D eigenvalue weighted by Crippen LogP contribution is 2.18. The lowest BCUT2D eigenvalue weighted by atomic mass is 10.1. The molecule has 0 atom stereocenters. The standard InChI is InChI=1S/C13H10ClF/c14-13-4-2-1-3-11(13)9-10-5-7-12(15)8-6-10/h1-8H,9H2. The first-order valence-corrected chi connectivity index (χ1v) is 5.11. The van der Waals surface area contributed by atoms with E-state index in [0.29, 0.717) is 0 Å². The Kier molecular flexibility index (Phi) is 3.02. The van der Waals surface area contributed by atoms with Crippen LogP contribution in [0.5, 0.6) is 0 Å². The molecule has 0 unspecified atom stereocenters. The summed E-state index contributed by atoms with van der Waals surface area (Å²) in [5.74, 6) is -0.210. The SMILES string of the molecule is Fc1ccc(Cc2ccccc2Cl)cc1. The smallest absolute Gasteiger partial charge is 0.123 e. The van der Waals surface area contributed by atoms with Crippen molar-refractivity contribution in [3.8, 4) is 0 Å². The Labute approximate surface area is 93.3 Å². The molecule has 2 heteroatoms. The molecule has 0 amide bonds. The quantitative estimate of drug-likeness (QED) is 0.716. The van der Waals surface area contributed by atoms with E-state index in [4.69, 9.17) is 11.6 Å². The third-order valence-electron chi connectivity index (χ3n) is 2.27. The molecule has 0 fully saturated rings. The van der Waals surface area contributed by atoms with E-state index >= 15 is 0 Å². The maximum absolute atomic E-state index is 12.7. The summed E-state index contributed by atoms with van der Waals surface area (Å²) in [6, 6.07) is 14.2. The van der Waals surface area contributed by atoms with Crippen LogP contribution in [0, 0.1) is 5.82 Å². The first-order valence-electron chi connectivity index (χ1n) is 4.73. The molecule has 0 N–H and O–H groups in total. The summed E-state index contributed by atoms with van der Waals surface area (Å²) >= 11 is 6.03. The normalized spacial score (nSPS) is 10.3. The molecule has 0 aliphatic carbocycles. The Morgan fingerprint density at radius 3 is 2.27 bits per heavy atom. The van der Waals surface area contributed by atoms with Gasteiger partial charge in [-0.05, 0) is 35.7 Å². The molecular weight excluding hydrogens is 211 g/mol. The van der Waals surface area contributed by atoms with Crippen molar-refractivity contribution < 1.29 is 4.39 Å². The predicted octanol–water partition coefficient (Wildman–Crippen LogP) is 4.07. The largest absolute Gasteiger partial charge is 0.207 e. The monoisotopic (exact) mass is 220 g/mol. The van der Waals surface area contributed by atoms with E-state index < -0.39 is 0 Å². The van der Waals surface area contributed by atoms with Crippen LogP contribution in [0.3, 0.4) is 0 Å². The molecule has 0 saturated heterocycles. The van der Waals surface area contributed by atoms with E-state index in [1.165, 1.54) is 12.1 Å². The van der Waals surface area contributed by atoms with Crippen molar-refractivity contribution in [2.75, 3.05) is 0 Å². The number of halogens is 2. The number of rotatable bonds is 2. The zero-order chi connectivity index (χ0) is 10.7. The predicted molar refractivity (Wildman–Crippen MR) is 60.7 cm³/mol. The second-order valence-electron chi connectivity index (χ2n) is 3.39. The van der Waals surface area contributed by atoms with Gasteiger partial charge in [-0.1, -0.05) is 41.9 Å². The molecule has 15 heavy (non-hydrogen) atoms. The lowest BCUT2D eigenvalue weighted by Crippen LogP contribution is -1.89. The van der Waals surface area contributed by atoms with Gasteiger partial charge >= 0.3 is 0 Å². The Hall–Kier alpha value is -1.34. The van der Waals surface area contributed by atoms with Crippen LogP contribution in [-0.4, -0.2) is 0 Å². The first kappa shape index (κ1) is 10.2. The molecule has 0 aliphatic heterocycles. The molecule has 0 bridgehead atoms. The van der Waals surface area contributed by atoms with Gasteiger partial charge in [0.2, 0.25) is 0 Å². The molecule has 0 radical (unpaired) electrons. The first-order chi connectivity index (χ1) is 7.25. The van der Waals surface area contributed by atoms with Gasteiger partial charge in [-0.2, -0.15) is 0 Å². The van der Waals surface area contributed by atoms with E-state index in [1.807, 2.05) is 24.3 Å². The second-order valence-corrected chi connectivity index (χ2v) is 3.80. The highest BCUT2D eigenvalue weighted by Gasteiger charge is 2.00. The minimum Gasteiger partial charge on any atom is -0.207 e. The van der Waals surface area contributed by atoms with Crippen molar-refractivity contribution in [2.45, 2.75) is 6.42 Å². The highest BCUT2D eigenvalue weighted by molar-refractivity contribution is 6.31. The molecule has 2 aromatic carbocycles. The van der Waals surface area contributed by atoms with Gasteiger partial charge in [-0.15, -0.1) is 0 Å². The molecule has 0 saturated carbocycles. The lowest BCUT2D eigenvalue weighted by Gasteiger charge is -2.03. The van der Waals surface area contributed by atoms with Crippen LogP contribution >= 0.6 is 11.6 Å². The van der Waals surface area contributed by atoms with E-state index in [2.05, 4.69) is 0 Å². The van der Waals surface area contributed by atoms with E-state index in [-0.39, 0.29) is 5.82 Å². The number of hydrogen-bond donors (Lipinski definition) is 0. The van der Waals surface area contributed by atoms with E-state index in [9.17, 15) is 4.39 Å². The Morgan fingerprint density at radius 1 is 0.933 bits per heavy atom. The van der Waals surface area contributed by atoms with Gasteiger partial charge in [0.05, 0.1) is 0 Å². The maximum atomic E-state index is 12.7. The summed E-state index contributed by atoms with van der Waals surface area (Å²) in [4.78, 5) is 0. The van der Waals surface area contributed by atoms with Crippen molar-refractivity contribution in [1.29, 1.82) is 0 Å². The van der Waals surface area contributed by atoms with E-state index in [0.717, 1.165) is 22.6 Å². The Morgan fingerprint density at radius 2 is 1.60 bits per heavy atom. The Balaban J connectivity index is 2.22. The molecule has 76 valence electrons. The van der Waals surface area contributed by atoms with Gasteiger partial charge < -0.3 is 0 Å². The minimum atomic E-state index is -0.210. The van der Waals surface area contributed by atoms with Crippen molar-refractivity contribution in [3.05, 3.63) is 70.5 Å². The van der Waals surface area contributed by atoms with Crippen molar-refractivity contribution in [2.24, 2.45) is 0 Å². The Bertz CT molecular complexity index is 448. The van der Waals surface area contributed by atoms with Crippen LogP contribution in [0.1, 0.15) is 11.1 Å². The van der Waals surface area contributed by atoms with Gasteiger partial charge in [-0.25, -0.2) is 4.39 Å². The third-order valence-corrected chi connectivity index (χ3v) is 2.63. The molecule has 0 aromatic heterocycles. The fraction of sp³-hybridized carbons (Fsp3) is 0.0769. The average molecular weight is 221 g/mol. The van der Waals surface area contributed by atoms with Crippen molar-refractivity contribution in [1.82, 2.24) is 0 Å². The highest BCUT2D eigenvalue weighted by atomic mass is 35.5. The van der Waals surface area contributed by atoms with Crippen LogP contribution in [0.25, 0.3) is 0 Å². The number of benzene rings is 2. The van der Waals surface area contributed by atoms with Crippen molar-refractivity contribution in [3.63, 3.8) is 0 Å². The summed E-state index contributed by atoms with van der Waals surface area (Å²) in [6.07, 6.45) is 0.736. The van der Waals surface area contributed by atoms with Crippen LogP contribution < -0.4 is 0 Å². The molecule has 0 aliphatic rings. The summed E-state index contributed by atoms with van der Waals surface area (Å²) in [6.45, 7) is 0. The van der Waals surface area contributed by atoms with Gasteiger partial charge in [0.25, 0.3) is 0 Å².